The number of aromatic nitrogens is 2. The lowest BCUT2D eigenvalue weighted by Gasteiger charge is -2.05. The lowest BCUT2D eigenvalue weighted by atomic mass is 10.2. The van der Waals surface area contributed by atoms with Crippen molar-refractivity contribution in [3.63, 3.8) is 0 Å². The average Bonchev–Trinajstić information content (AvgIpc) is 2.18. The first kappa shape index (κ1) is 9.15. The lowest BCUT2D eigenvalue weighted by molar-refractivity contribution is 0.637. The van der Waals surface area contributed by atoms with Gasteiger partial charge in [-0.3, -0.25) is 9.36 Å². The van der Waals surface area contributed by atoms with Gasteiger partial charge in [-0.2, -0.15) is 0 Å². The van der Waals surface area contributed by atoms with Crippen LogP contribution < -0.4 is 5.56 Å². The van der Waals surface area contributed by atoms with Crippen LogP contribution >= 0.6 is 12.6 Å². The van der Waals surface area contributed by atoms with Crippen LogP contribution in [0.1, 0.15) is 6.92 Å². The Bertz CT molecular complexity index is 533. The third-order valence-electron chi connectivity index (χ3n) is 2.14. The Morgan fingerprint density at radius 3 is 2.86 bits per heavy atom. The molecule has 1 heterocycles. The van der Waals surface area contributed by atoms with E-state index >= 15 is 0 Å². The number of hydrogen-bond acceptors (Lipinski definition) is 2. The van der Waals surface area contributed by atoms with E-state index in [1.807, 2.05) is 19.1 Å². The molecule has 0 N–H and O–H groups in total. The zero-order chi connectivity index (χ0) is 10.1. The second-order valence-corrected chi connectivity index (χ2v) is 3.33. The molecule has 1 radical (unpaired) electrons. The van der Waals surface area contributed by atoms with Crippen LogP contribution in [0.5, 0.6) is 0 Å². The highest BCUT2D eigenvalue weighted by atomic mass is 32.1. The molecular weight excluding hydrogens is 196 g/mol. The van der Waals surface area contributed by atoms with Crippen molar-refractivity contribution in [3.8, 4) is 0 Å². The molecule has 0 amide bonds. The van der Waals surface area contributed by atoms with E-state index in [-0.39, 0.29) is 5.56 Å². The van der Waals surface area contributed by atoms with Gasteiger partial charge >= 0.3 is 0 Å². The van der Waals surface area contributed by atoms with Crippen molar-refractivity contribution < 1.29 is 0 Å². The summed E-state index contributed by atoms with van der Waals surface area (Å²) in [6, 6.07) is 7.24. The van der Waals surface area contributed by atoms with Crippen LogP contribution in [0.15, 0.2) is 34.2 Å². The zero-order valence-electron chi connectivity index (χ0n) is 7.73. The Hall–Kier alpha value is -1.42. The largest absolute Gasteiger partial charge is 0.284 e. The van der Waals surface area contributed by atoms with Crippen LogP contribution in [0, 0.1) is 0 Å². The van der Waals surface area contributed by atoms with Gasteiger partial charge in [-0.15, -0.1) is 0 Å². The van der Waals surface area contributed by atoms with Crippen molar-refractivity contribution in [3.05, 3.63) is 34.6 Å². The molecule has 0 bridgehead atoms. The normalized spacial score (nSPS) is 10.6. The molecule has 0 atom stereocenters. The standard InChI is InChI=1S/C10H9N2OS/c1-2-12-9(13)7-5-3-4-6-8(7)11-10(12)14/h3-6H,2H2,1H3. The quantitative estimate of drug-likeness (QED) is 0.667. The maximum Gasteiger partial charge on any atom is 0.262 e. The first-order valence-electron chi connectivity index (χ1n) is 4.40. The molecule has 0 unspecified atom stereocenters. The molecule has 0 saturated heterocycles. The number of nitrogens with zero attached hydrogens (tertiary/aromatic N) is 2. The number of benzene rings is 1. The summed E-state index contributed by atoms with van der Waals surface area (Å²) in [6.45, 7) is 2.45. The predicted octanol–water partition coefficient (Wildman–Crippen LogP) is 1.97. The van der Waals surface area contributed by atoms with Crippen molar-refractivity contribution in [1.82, 2.24) is 9.55 Å². The fraction of sp³-hybridized carbons (Fsp3) is 0.200. The molecule has 0 aliphatic heterocycles. The van der Waals surface area contributed by atoms with Gasteiger partial charge in [0.15, 0.2) is 0 Å². The van der Waals surface area contributed by atoms with Crippen molar-refractivity contribution in [1.29, 1.82) is 0 Å². The smallest absolute Gasteiger partial charge is 0.262 e. The Morgan fingerprint density at radius 2 is 2.14 bits per heavy atom. The van der Waals surface area contributed by atoms with E-state index in [0.717, 1.165) is 0 Å². The minimum absolute atomic E-state index is 0.0527. The van der Waals surface area contributed by atoms with Gasteiger partial charge in [-0.1, -0.05) is 12.1 Å². The highest BCUT2D eigenvalue weighted by Crippen LogP contribution is 2.09. The molecule has 1 aromatic carbocycles. The molecule has 2 rings (SSSR count). The van der Waals surface area contributed by atoms with E-state index in [4.69, 9.17) is 12.6 Å². The summed E-state index contributed by atoms with van der Waals surface area (Å²) in [6.07, 6.45) is 0. The Kier molecular flexibility index (Phi) is 2.21. The van der Waals surface area contributed by atoms with E-state index in [0.29, 0.717) is 22.6 Å². The highest BCUT2D eigenvalue weighted by molar-refractivity contribution is 7.80. The van der Waals surface area contributed by atoms with Gasteiger partial charge in [-0.25, -0.2) is 4.98 Å². The maximum atomic E-state index is 11.8. The van der Waals surface area contributed by atoms with Gasteiger partial charge < -0.3 is 0 Å². The van der Waals surface area contributed by atoms with Gasteiger partial charge in [0.25, 0.3) is 5.56 Å². The van der Waals surface area contributed by atoms with Crippen LogP contribution in [0.4, 0.5) is 0 Å². The fourth-order valence-corrected chi connectivity index (χ4v) is 1.74. The average molecular weight is 205 g/mol. The van der Waals surface area contributed by atoms with E-state index in [1.54, 1.807) is 12.1 Å². The molecule has 3 nitrogen and oxygen atoms in total. The van der Waals surface area contributed by atoms with E-state index in [2.05, 4.69) is 4.98 Å². The molecule has 0 aliphatic carbocycles. The van der Waals surface area contributed by atoms with E-state index in [1.165, 1.54) is 4.57 Å². The highest BCUT2D eigenvalue weighted by Gasteiger charge is 2.06. The van der Waals surface area contributed by atoms with Gasteiger partial charge in [0.05, 0.1) is 10.9 Å². The summed E-state index contributed by atoms with van der Waals surface area (Å²) in [5.41, 5.74) is 0.621. The maximum absolute atomic E-state index is 11.8. The molecule has 1 aromatic heterocycles. The summed E-state index contributed by atoms with van der Waals surface area (Å²) in [5.74, 6) is 0. The lowest BCUT2D eigenvalue weighted by Crippen LogP contribution is -2.21. The van der Waals surface area contributed by atoms with Crippen molar-refractivity contribution in [2.45, 2.75) is 18.6 Å². The summed E-state index contributed by atoms with van der Waals surface area (Å²) in [4.78, 5) is 16.0. The van der Waals surface area contributed by atoms with Crippen molar-refractivity contribution in [2.75, 3.05) is 0 Å². The first-order chi connectivity index (χ1) is 6.74. The summed E-state index contributed by atoms with van der Waals surface area (Å²) in [5, 5.41) is 0.985. The van der Waals surface area contributed by atoms with E-state index < -0.39 is 0 Å². The van der Waals surface area contributed by atoms with Crippen LogP contribution in [-0.2, 0) is 6.54 Å². The SMILES string of the molecule is CCn1c([S])nc2ccccc2c1=O. The molecule has 0 saturated carbocycles. The molecule has 0 fully saturated rings. The zero-order valence-corrected chi connectivity index (χ0v) is 8.54. The van der Waals surface area contributed by atoms with Crippen LogP contribution in [-0.4, -0.2) is 9.55 Å². The van der Waals surface area contributed by atoms with Gasteiger partial charge in [0.1, 0.15) is 0 Å². The Labute approximate surface area is 86.8 Å². The number of para-hydroxylation sites is 1. The molecular formula is C10H9N2OS. The van der Waals surface area contributed by atoms with E-state index in [9.17, 15) is 4.79 Å². The minimum atomic E-state index is -0.0527. The number of rotatable bonds is 1. The Balaban J connectivity index is 2.93. The third-order valence-corrected chi connectivity index (χ3v) is 2.45. The molecule has 2 aromatic rings. The van der Waals surface area contributed by atoms with Crippen molar-refractivity contribution >= 4 is 23.5 Å². The summed E-state index contributed by atoms with van der Waals surface area (Å²) in [7, 11) is 0. The second kappa shape index (κ2) is 3.38. The number of hydrogen-bond donors (Lipinski definition) is 0. The molecule has 71 valence electrons. The topological polar surface area (TPSA) is 34.9 Å². The molecule has 4 heteroatoms. The monoisotopic (exact) mass is 205 g/mol. The van der Waals surface area contributed by atoms with Gasteiger partial charge in [0.2, 0.25) is 5.16 Å². The van der Waals surface area contributed by atoms with Crippen LogP contribution in [0.25, 0.3) is 10.9 Å². The van der Waals surface area contributed by atoms with Crippen LogP contribution in [0.3, 0.4) is 0 Å². The third kappa shape index (κ3) is 1.28. The summed E-state index contributed by atoms with van der Waals surface area (Å²) >= 11 is 5.02. The van der Waals surface area contributed by atoms with Crippen LogP contribution in [0.2, 0.25) is 0 Å². The Morgan fingerprint density at radius 1 is 1.43 bits per heavy atom. The van der Waals surface area contributed by atoms with Gasteiger partial charge in [0, 0.05) is 6.54 Å². The summed E-state index contributed by atoms with van der Waals surface area (Å²) < 4.78 is 1.50. The first-order valence-corrected chi connectivity index (χ1v) is 4.81. The molecule has 0 aliphatic rings. The van der Waals surface area contributed by atoms with Gasteiger partial charge in [-0.05, 0) is 31.7 Å². The van der Waals surface area contributed by atoms with Crippen molar-refractivity contribution in [2.24, 2.45) is 0 Å². The number of fused-ring (bicyclic) bond motifs is 1. The predicted molar refractivity (Wildman–Crippen MR) is 57.5 cm³/mol. The minimum Gasteiger partial charge on any atom is -0.284 e. The second-order valence-electron chi connectivity index (χ2n) is 2.96. The fourth-order valence-electron chi connectivity index (χ4n) is 1.43. The molecule has 0 spiro atoms. The molecule has 14 heavy (non-hydrogen) atoms.